The molecule has 0 unspecified atom stereocenters. The van der Waals surface area contributed by atoms with Crippen molar-refractivity contribution in [1.29, 1.82) is 0 Å². The molecule has 0 aliphatic heterocycles. The van der Waals surface area contributed by atoms with Crippen LogP contribution in [-0.4, -0.2) is 9.97 Å². The van der Waals surface area contributed by atoms with Gasteiger partial charge in [-0.1, -0.05) is 12.1 Å². The third-order valence-electron chi connectivity index (χ3n) is 2.54. The summed E-state index contributed by atoms with van der Waals surface area (Å²) in [4.78, 5) is 17.9. The number of nitrogens with zero attached hydrogens (tertiary/aromatic N) is 1. The van der Waals surface area contributed by atoms with E-state index in [1.807, 2.05) is 24.4 Å². The van der Waals surface area contributed by atoms with Gasteiger partial charge in [0, 0.05) is 35.4 Å². The normalized spacial score (nSPS) is 10.9. The maximum absolute atomic E-state index is 11.1. The van der Waals surface area contributed by atoms with Gasteiger partial charge in [-0.05, 0) is 16.8 Å². The molecule has 0 atom stereocenters. The van der Waals surface area contributed by atoms with E-state index in [0.717, 1.165) is 21.5 Å². The van der Waals surface area contributed by atoms with Crippen LogP contribution in [0.2, 0.25) is 0 Å². The second-order valence-electron chi connectivity index (χ2n) is 3.46. The summed E-state index contributed by atoms with van der Waals surface area (Å²) in [7, 11) is 0. The summed E-state index contributed by atoms with van der Waals surface area (Å²) in [6, 6.07) is 7.51. The number of hydrogen-bond donors (Lipinski definition) is 1. The number of aromatic nitrogens is 2. The van der Waals surface area contributed by atoms with Crippen molar-refractivity contribution in [2.24, 2.45) is 0 Å². The van der Waals surface area contributed by atoms with Gasteiger partial charge in [-0.25, -0.2) is 0 Å². The molecular formula is C12H8N2O. The van der Waals surface area contributed by atoms with Crippen molar-refractivity contribution in [3.63, 3.8) is 0 Å². The largest absolute Gasteiger partial charge is 0.328 e. The fourth-order valence-corrected chi connectivity index (χ4v) is 1.81. The molecule has 2 heterocycles. The molecule has 1 N–H and O–H groups in total. The predicted octanol–water partition coefficient (Wildman–Crippen LogP) is 2.08. The van der Waals surface area contributed by atoms with E-state index in [2.05, 4.69) is 9.97 Å². The second kappa shape index (κ2) is 2.92. The van der Waals surface area contributed by atoms with Crippen molar-refractivity contribution in [1.82, 2.24) is 9.97 Å². The number of aromatic amines is 1. The van der Waals surface area contributed by atoms with Crippen molar-refractivity contribution in [3.05, 3.63) is 53.2 Å². The Morgan fingerprint density at radius 3 is 2.87 bits per heavy atom. The molecule has 1 aromatic carbocycles. The highest BCUT2D eigenvalue weighted by Crippen LogP contribution is 2.22. The number of benzene rings is 1. The fraction of sp³-hybridized carbons (Fsp3) is 0. The SMILES string of the molecule is O=c1cc2ccc3ccncc3c2c[nH]1. The third-order valence-corrected chi connectivity index (χ3v) is 2.54. The maximum atomic E-state index is 11.1. The zero-order valence-electron chi connectivity index (χ0n) is 7.90. The summed E-state index contributed by atoms with van der Waals surface area (Å²) in [5.41, 5.74) is -0.0780. The second-order valence-corrected chi connectivity index (χ2v) is 3.46. The Labute approximate surface area is 85.4 Å². The number of H-pyrrole nitrogens is 1. The van der Waals surface area contributed by atoms with Crippen molar-refractivity contribution in [2.75, 3.05) is 0 Å². The van der Waals surface area contributed by atoms with Crippen LogP contribution in [0, 0.1) is 0 Å². The molecule has 3 aromatic rings. The lowest BCUT2D eigenvalue weighted by Gasteiger charge is -2.01. The Bertz CT molecular complexity index is 700. The van der Waals surface area contributed by atoms with Gasteiger partial charge in [-0.15, -0.1) is 0 Å². The molecule has 3 nitrogen and oxygen atoms in total. The van der Waals surface area contributed by atoms with E-state index in [1.165, 1.54) is 0 Å². The first kappa shape index (κ1) is 8.17. The predicted molar refractivity (Wildman–Crippen MR) is 59.9 cm³/mol. The summed E-state index contributed by atoms with van der Waals surface area (Å²) in [6.45, 7) is 0. The molecule has 2 aromatic heterocycles. The lowest BCUT2D eigenvalue weighted by atomic mass is 10.1. The van der Waals surface area contributed by atoms with E-state index in [4.69, 9.17) is 0 Å². The lowest BCUT2D eigenvalue weighted by Crippen LogP contribution is -2.01. The zero-order valence-corrected chi connectivity index (χ0v) is 7.90. The monoisotopic (exact) mass is 196 g/mol. The minimum absolute atomic E-state index is 0.0780. The fourth-order valence-electron chi connectivity index (χ4n) is 1.81. The molecule has 0 radical (unpaired) electrons. The molecule has 0 amide bonds. The summed E-state index contributed by atoms with van der Waals surface area (Å²) in [5, 5.41) is 4.16. The zero-order chi connectivity index (χ0) is 10.3. The van der Waals surface area contributed by atoms with Gasteiger partial charge in [-0.3, -0.25) is 9.78 Å². The lowest BCUT2D eigenvalue weighted by molar-refractivity contribution is 1.27. The number of nitrogens with one attached hydrogen (secondary N) is 1. The molecule has 0 saturated heterocycles. The van der Waals surface area contributed by atoms with Crippen molar-refractivity contribution in [2.45, 2.75) is 0 Å². The minimum Gasteiger partial charge on any atom is -0.328 e. The average molecular weight is 196 g/mol. The van der Waals surface area contributed by atoms with Gasteiger partial charge in [0.2, 0.25) is 5.56 Å². The van der Waals surface area contributed by atoms with Crippen LogP contribution in [0.15, 0.2) is 47.7 Å². The number of rotatable bonds is 0. The molecular weight excluding hydrogens is 188 g/mol. The van der Waals surface area contributed by atoms with E-state index in [9.17, 15) is 4.79 Å². The first-order valence-corrected chi connectivity index (χ1v) is 4.70. The summed E-state index contributed by atoms with van der Waals surface area (Å²) in [5.74, 6) is 0. The van der Waals surface area contributed by atoms with E-state index >= 15 is 0 Å². The highest BCUT2D eigenvalue weighted by molar-refractivity contribution is 6.06. The van der Waals surface area contributed by atoms with E-state index in [-0.39, 0.29) is 5.56 Å². The Hall–Kier alpha value is -2.16. The van der Waals surface area contributed by atoms with E-state index in [0.29, 0.717) is 0 Å². The number of hydrogen-bond acceptors (Lipinski definition) is 2. The Kier molecular flexibility index (Phi) is 1.59. The first-order valence-electron chi connectivity index (χ1n) is 4.70. The van der Waals surface area contributed by atoms with Crippen LogP contribution in [0.3, 0.4) is 0 Å². The van der Waals surface area contributed by atoms with Crippen LogP contribution in [0.25, 0.3) is 21.5 Å². The molecule has 72 valence electrons. The standard InChI is InChI=1S/C12H8N2O/c15-12-5-9-2-1-8-3-4-13-6-10(8)11(9)7-14-12/h1-7H,(H,14,15). The smallest absolute Gasteiger partial charge is 0.248 e. The number of pyridine rings is 2. The van der Waals surface area contributed by atoms with Crippen LogP contribution in [0.5, 0.6) is 0 Å². The molecule has 0 fully saturated rings. The summed E-state index contributed by atoms with van der Waals surface area (Å²) in [6.07, 6.45) is 5.32. The molecule has 0 saturated carbocycles. The molecule has 3 heteroatoms. The van der Waals surface area contributed by atoms with E-state index in [1.54, 1.807) is 18.5 Å². The minimum atomic E-state index is -0.0780. The van der Waals surface area contributed by atoms with E-state index < -0.39 is 0 Å². The highest BCUT2D eigenvalue weighted by Gasteiger charge is 1.99. The van der Waals surface area contributed by atoms with Gasteiger partial charge < -0.3 is 4.98 Å². The summed E-state index contributed by atoms with van der Waals surface area (Å²) < 4.78 is 0. The Balaban J connectivity index is 2.60. The van der Waals surface area contributed by atoms with Crippen molar-refractivity contribution in [3.8, 4) is 0 Å². The molecule has 0 bridgehead atoms. The third kappa shape index (κ3) is 1.21. The van der Waals surface area contributed by atoms with Gasteiger partial charge in [-0.2, -0.15) is 0 Å². The molecule has 0 spiro atoms. The van der Waals surface area contributed by atoms with Gasteiger partial charge in [0.15, 0.2) is 0 Å². The van der Waals surface area contributed by atoms with Crippen molar-refractivity contribution < 1.29 is 0 Å². The highest BCUT2D eigenvalue weighted by atomic mass is 16.1. The quantitative estimate of drug-likeness (QED) is 0.559. The van der Waals surface area contributed by atoms with Gasteiger partial charge in [0.25, 0.3) is 0 Å². The topological polar surface area (TPSA) is 45.8 Å². The van der Waals surface area contributed by atoms with Crippen LogP contribution in [0.1, 0.15) is 0 Å². The van der Waals surface area contributed by atoms with Crippen LogP contribution >= 0.6 is 0 Å². The van der Waals surface area contributed by atoms with Crippen LogP contribution in [-0.2, 0) is 0 Å². The summed E-state index contributed by atoms with van der Waals surface area (Å²) >= 11 is 0. The molecule has 0 aliphatic carbocycles. The van der Waals surface area contributed by atoms with Crippen LogP contribution in [0.4, 0.5) is 0 Å². The first-order chi connectivity index (χ1) is 7.34. The Morgan fingerprint density at radius 2 is 1.93 bits per heavy atom. The molecule has 3 rings (SSSR count). The van der Waals surface area contributed by atoms with Gasteiger partial charge in [0.1, 0.15) is 0 Å². The van der Waals surface area contributed by atoms with Crippen LogP contribution < -0.4 is 5.56 Å². The Morgan fingerprint density at radius 1 is 1.07 bits per heavy atom. The average Bonchev–Trinajstić information content (AvgIpc) is 2.28. The molecule has 0 aliphatic rings. The van der Waals surface area contributed by atoms with Gasteiger partial charge >= 0.3 is 0 Å². The maximum Gasteiger partial charge on any atom is 0.248 e. The number of fused-ring (bicyclic) bond motifs is 3. The van der Waals surface area contributed by atoms with Gasteiger partial charge in [0.05, 0.1) is 0 Å². The van der Waals surface area contributed by atoms with Crippen molar-refractivity contribution >= 4 is 21.5 Å². The molecule has 15 heavy (non-hydrogen) atoms.